The first-order valence-corrected chi connectivity index (χ1v) is 13.0. The maximum absolute atomic E-state index is 13.8. The molecular formula is C28H27Cl2N3O3. The summed E-state index contributed by atoms with van der Waals surface area (Å²) >= 11 is 12.5. The van der Waals surface area contributed by atoms with E-state index >= 15 is 0 Å². The van der Waals surface area contributed by atoms with Gasteiger partial charge >= 0.3 is 0 Å². The molecule has 1 aliphatic carbocycles. The molecule has 0 aromatic heterocycles. The number of nitrogens with zero attached hydrogens (tertiary/aromatic N) is 2. The lowest BCUT2D eigenvalue weighted by atomic mass is 10.1. The molecule has 5 rings (SSSR count). The average Bonchev–Trinajstić information content (AvgIpc) is 3.47. The van der Waals surface area contributed by atoms with E-state index in [1.54, 1.807) is 31.2 Å². The molecular weight excluding hydrogens is 497 g/mol. The van der Waals surface area contributed by atoms with Crippen LogP contribution in [0.25, 0.3) is 10.8 Å². The number of anilines is 1. The van der Waals surface area contributed by atoms with Crippen molar-refractivity contribution in [3.8, 4) is 0 Å². The minimum Gasteiger partial charge on any atom is -0.352 e. The van der Waals surface area contributed by atoms with Crippen LogP contribution in [0.2, 0.25) is 10.0 Å². The second-order valence-electron chi connectivity index (χ2n) is 9.50. The summed E-state index contributed by atoms with van der Waals surface area (Å²) in [5.74, 6) is -0.769. The zero-order chi connectivity index (χ0) is 25.4. The van der Waals surface area contributed by atoms with Crippen LogP contribution in [0.15, 0.2) is 54.6 Å². The minimum absolute atomic E-state index is 0.118. The molecule has 1 N–H and O–H groups in total. The summed E-state index contributed by atoms with van der Waals surface area (Å²) in [4.78, 5) is 43.2. The fourth-order valence-corrected chi connectivity index (χ4v) is 5.64. The third-order valence-corrected chi connectivity index (χ3v) is 7.75. The van der Waals surface area contributed by atoms with E-state index in [2.05, 4.69) is 5.32 Å². The fraction of sp³-hybridized carbons (Fsp3) is 0.321. The molecule has 3 aromatic carbocycles. The number of rotatable bonds is 7. The summed E-state index contributed by atoms with van der Waals surface area (Å²) in [6.07, 6.45) is 4.07. The monoisotopic (exact) mass is 523 g/mol. The summed E-state index contributed by atoms with van der Waals surface area (Å²) in [6.45, 7) is 1.65. The lowest BCUT2D eigenvalue weighted by Gasteiger charge is -2.31. The van der Waals surface area contributed by atoms with E-state index in [0.717, 1.165) is 36.5 Å². The number of hydrogen-bond donors (Lipinski definition) is 1. The Kier molecular flexibility index (Phi) is 6.91. The molecule has 1 saturated carbocycles. The lowest BCUT2D eigenvalue weighted by molar-refractivity contribution is -0.139. The smallest absolute Gasteiger partial charge is 0.259 e. The predicted octanol–water partition coefficient (Wildman–Crippen LogP) is 5.58. The number of halogens is 2. The number of nitrogens with one attached hydrogen (secondary N) is 1. The Morgan fingerprint density at radius 3 is 2.53 bits per heavy atom. The van der Waals surface area contributed by atoms with Gasteiger partial charge in [-0.15, -0.1) is 0 Å². The zero-order valence-electron chi connectivity index (χ0n) is 20.0. The highest BCUT2D eigenvalue weighted by molar-refractivity contribution is 6.35. The van der Waals surface area contributed by atoms with Crippen molar-refractivity contribution in [3.05, 3.63) is 75.8 Å². The molecule has 0 radical (unpaired) electrons. The van der Waals surface area contributed by atoms with Gasteiger partial charge in [0.25, 0.3) is 5.91 Å². The van der Waals surface area contributed by atoms with Crippen LogP contribution >= 0.6 is 23.2 Å². The number of carbonyl (C=O) groups is 3. The molecule has 6 nitrogen and oxygen atoms in total. The molecule has 1 heterocycles. The predicted molar refractivity (Wildman–Crippen MR) is 142 cm³/mol. The SMILES string of the molecule is C[C@H](C(=O)NC1CCCC1)N(Cc1ccc(Cl)cc1Cl)C(=O)CN1C(=O)c2cccc3cccc1c23. The Morgan fingerprint density at radius 1 is 1.08 bits per heavy atom. The molecule has 0 bridgehead atoms. The lowest BCUT2D eigenvalue weighted by Crippen LogP contribution is -2.52. The molecule has 186 valence electrons. The molecule has 2 aliphatic rings. The van der Waals surface area contributed by atoms with Gasteiger partial charge in [-0.05, 0) is 55.0 Å². The van der Waals surface area contributed by atoms with Crippen molar-refractivity contribution in [3.63, 3.8) is 0 Å². The van der Waals surface area contributed by atoms with Gasteiger partial charge in [-0.25, -0.2) is 0 Å². The molecule has 1 aliphatic heterocycles. The normalized spacial score (nSPS) is 16.0. The van der Waals surface area contributed by atoms with Crippen molar-refractivity contribution in [2.45, 2.75) is 51.2 Å². The van der Waals surface area contributed by atoms with E-state index in [-0.39, 0.29) is 36.9 Å². The Bertz CT molecular complexity index is 1350. The van der Waals surface area contributed by atoms with Gasteiger partial charge in [0.15, 0.2) is 0 Å². The van der Waals surface area contributed by atoms with Crippen LogP contribution in [-0.2, 0) is 16.1 Å². The molecule has 1 fully saturated rings. The van der Waals surface area contributed by atoms with E-state index < -0.39 is 6.04 Å². The van der Waals surface area contributed by atoms with E-state index in [1.165, 1.54) is 9.80 Å². The maximum Gasteiger partial charge on any atom is 0.259 e. The highest BCUT2D eigenvalue weighted by Gasteiger charge is 2.35. The standard InChI is InChI=1S/C28H27Cl2N3O3/c1-17(27(35)31-21-8-2-3-9-21)32(15-19-12-13-20(29)14-23(19)30)25(34)16-33-24-11-5-7-18-6-4-10-22(26(18)24)28(33)36/h4-7,10-14,17,21H,2-3,8-9,15-16H2,1H3,(H,31,35)/t17-/m1/s1. The molecule has 1 atom stereocenters. The first-order valence-electron chi connectivity index (χ1n) is 12.2. The molecule has 0 saturated heterocycles. The second-order valence-corrected chi connectivity index (χ2v) is 10.3. The topological polar surface area (TPSA) is 69.7 Å². The average molecular weight is 524 g/mol. The van der Waals surface area contributed by atoms with Gasteiger partial charge in [0.1, 0.15) is 12.6 Å². The first-order chi connectivity index (χ1) is 17.3. The van der Waals surface area contributed by atoms with E-state index in [9.17, 15) is 14.4 Å². The Hall–Kier alpha value is -3.09. The van der Waals surface area contributed by atoms with Gasteiger partial charge in [-0.2, -0.15) is 0 Å². The number of carbonyl (C=O) groups excluding carboxylic acids is 3. The van der Waals surface area contributed by atoms with Gasteiger partial charge in [0.05, 0.1) is 5.69 Å². The van der Waals surface area contributed by atoms with Crippen molar-refractivity contribution >= 4 is 57.4 Å². The van der Waals surface area contributed by atoms with Crippen molar-refractivity contribution < 1.29 is 14.4 Å². The van der Waals surface area contributed by atoms with Crippen LogP contribution in [0.3, 0.4) is 0 Å². The van der Waals surface area contributed by atoms with Crippen LogP contribution in [-0.4, -0.2) is 41.2 Å². The molecule has 3 aromatic rings. The van der Waals surface area contributed by atoms with E-state index in [1.807, 2.05) is 30.3 Å². The summed E-state index contributed by atoms with van der Waals surface area (Å²) in [6, 6.07) is 15.7. The van der Waals surface area contributed by atoms with Crippen molar-refractivity contribution in [1.29, 1.82) is 0 Å². The summed E-state index contributed by atoms with van der Waals surface area (Å²) in [5.41, 5.74) is 1.96. The van der Waals surface area contributed by atoms with Gasteiger partial charge in [-0.1, -0.05) is 66.4 Å². The highest BCUT2D eigenvalue weighted by atomic mass is 35.5. The first kappa shape index (κ1) is 24.6. The summed E-state index contributed by atoms with van der Waals surface area (Å²) < 4.78 is 0. The number of hydrogen-bond acceptors (Lipinski definition) is 3. The maximum atomic E-state index is 13.8. The van der Waals surface area contributed by atoms with Crippen molar-refractivity contribution in [2.75, 3.05) is 11.4 Å². The fourth-order valence-electron chi connectivity index (χ4n) is 5.17. The van der Waals surface area contributed by atoms with E-state index in [0.29, 0.717) is 26.9 Å². The van der Waals surface area contributed by atoms with Gasteiger partial charge in [0.2, 0.25) is 11.8 Å². The summed E-state index contributed by atoms with van der Waals surface area (Å²) in [5, 5.41) is 5.78. The van der Waals surface area contributed by atoms with Crippen molar-refractivity contribution in [2.24, 2.45) is 0 Å². The Morgan fingerprint density at radius 2 is 1.81 bits per heavy atom. The van der Waals surface area contributed by atoms with Crippen LogP contribution in [0, 0.1) is 0 Å². The van der Waals surface area contributed by atoms with Crippen LogP contribution < -0.4 is 10.2 Å². The molecule has 36 heavy (non-hydrogen) atoms. The van der Waals surface area contributed by atoms with E-state index in [4.69, 9.17) is 23.2 Å². The Labute approximate surface area is 220 Å². The molecule has 3 amide bonds. The van der Waals surface area contributed by atoms with Gasteiger partial charge in [0, 0.05) is 33.6 Å². The minimum atomic E-state index is -0.749. The van der Waals surface area contributed by atoms with Crippen LogP contribution in [0.5, 0.6) is 0 Å². The summed E-state index contributed by atoms with van der Waals surface area (Å²) in [7, 11) is 0. The third kappa shape index (κ3) is 4.67. The largest absolute Gasteiger partial charge is 0.352 e. The van der Waals surface area contributed by atoms with Crippen molar-refractivity contribution in [1.82, 2.24) is 10.2 Å². The second kappa shape index (κ2) is 10.1. The number of benzene rings is 3. The highest BCUT2D eigenvalue weighted by Crippen LogP contribution is 2.37. The van der Waals surface area contributed by atoms with Gasteiger partial charge in [-0.3, -0.25) is 19.3 Å². The molecule has 8 heteroatoms. The molecule has 0 spiro atoms. The third-order valence-electron chi connectivity index (χ3n) is 7.17. The van der Waals surface area contributed by atoms with Gasteiger partial charge < -0.3 is 10.2 Å². The van der Waals surface area contributed by atoms with Crippen LogP contribution in [0.1, 0.15) is 48.5 Å². The van der Waals surface area contributed by atoms with Crippen LogP contribution in [0.4, 0.5) is 5.69 Å². The quantitative estimate of drug-likeness (QED) is 0.439. The Balaban J connectivity index is 1.42. The zero-order valence-corrected chi connectivity index (χ0v) is 21.5. The number of amides is 3. The molecule has 0 unspecified atom stereocenters.